The predicted octanol–water partition coefficient (Wildman–Crippen LogP) is 6.49. The van der Waals surface area contributed by atoms with E-state index < -0.39 is 0 Å². The first-order chi connectivity index (χ1) is 17.9. The van der Waals surface area contributed by atoms with Crippen LogP contribution in [0.15, 0.2) is 47.0 Å². The molecule has 0 spiro atoms. The molecule has 194 valence electrons. The fraction of sp³-hybridized carbons (Fsp3) is 0.400. The van der Waals surface area contributed by atoms with Crippen molar-refractivity contribution in [2.75, 3.05) is 20.3 Å². The number of fused-ring (bicyclic) bond motifs is 2. The van der Waals surface area contributed by atoms with Crippen molar-refractivity contribution in [3.05, 3.63) is 59.6 Å². The van der Waals surface area contributed by atoms with E-state index in [-0.39, 0.29) is 11.8 Å². The molecule has 7 nitrogen and oxygen atoms in total. The Bertz CT molecular complexity index is 1390. The van der Waals surface area contributed by atoms with Gasteiger partial charge in [-0.2, -0.15) is 0 Å². The first-order valence-electron chi connectivity index (χ1n) is 13.0. The predicted molar refractivity (Wildman–Crippen MR) is 143 cm³/mol. The number of aryl methyl sites for hydroxylation is 3. The van der Waals surface area contributed by atoms with Crippen molar-refractivity contribution in [2.24, 2.45) is 0 Å². The highest BCUT2D eigenvalue weighted by atomic mass is 16.5. The van der Waals surface area contributed by atoms with E-state index in [0.717, 1.165) is 64.9 Å². The van der Waals surface area contributed by atoms with E-state index >= 15 is 0 Å². The van der Waals surface area contributed by atoms with Gasteiger partial charge in [0.15, 0.2) is 17.3 Å². The standard InChI is InChI=1S/C30H34N2O5/c1-19-18-32(20(2)21(3)33)26-12-11-23(17-24(19)26)35-14-7-15-36-28-13-10-22(16-29(28)34-4)30-31-25-8-5-6-9-27(25)37-30/h10-13,16-18,20H,5-9,14-15H2,1-4H3. The number of Topliss-reactive ketones (excluding diaryl/α,β-unsaturated/α-hetero) is 1. The second-order valence-electron chi connectivity index (χ2n) is 9.70. The molecule has 5 rings (SSSR count). The van der Waals surface area contributed by atoms with E-state index in [4.69, 9.17) is 18.6 Å². The second-order valence-corrected chi connectivity index (χ2v) is 9.70. The van der Waals surface area contributed by atoms with Crippen LogP contribution < -0.4 is 14.2 Å². The lowest BCUT2D eigenvalue weighted by atomic mass is 10.0. The summed E-state index contributed by atoms with van der Waals surface area (Å²) in [5.74, 6) is 3.93. The third-order valence-electron chi connectivity index (χ3n) is 7.08. The zero-order valence-corrected chi connectivity index (χ0v) is 22.0. The Balaban J connectivity index is 1.17. The minimum Gasteiger partial charge on any atom is -0.493 e. The third-order valence-corrected chi connectivity index (χ3v) is 7.08. The van der Waals surface area contributed by atoms with Gasteiger partial charge in [0.25, 0.3) is 0 Å². The minimum absolute atomic E-state index is 0.139. The Morgan fingerprint density at radius 3 is 2.68 bits per heavy atom. The molecule has 7 heteroatoms. The van der Waals surface area contributed by atoms with Gasteiger partial charge in [-0.3, -0.25) is 4.79 Å². The van der Waals surface area contributed by atoms with Gasteiger partial charge in [0, 0.05) is 35.5 Å². The Hall–Kier alpha value is -3.74. The summed E-state index contributed by atoms with van der Waals surface area (Å²) >= 11 is 0. The third kappa shape index (κ3) is 5.22. The molecule has 0 saturated carbocycles. The lowest BCUT2D eigenvalue weighted by Crippen LogP contribution is -2.12. The fourth-order valence-electron chi connectivity index (χ4n) is 4.84. The fourth-order valence-corrected chi connectivity index (χ4v) is 4.84. The number of hydrogen-bond donors (Lipinski definition) is 0. The van der Waals surface area contributed by atoms with E-state index in [9.17, 15) is 4.79 Å². The van der Waals surface area contributed by atoms with Crippen LogP contribution in [0.1, 0.15) is 56.2 Å². The largest absolute Gasteiger partial charge is 0.493 e. The van der Waals surface area contributed by atoms with Gasteiger partial charge >= 0.3 is 0 Å². The van der Waals surface area contributed by atoms with Crippen LogP contribution >= 0.6 is 0 Å². The minimum atomic E-state index is -0.188. The molecule has 4 aromatic rings. The average molecular weight is 503 g/mol. The highest BCUT2D eigenvalue weighted by Crippen LogP contribution is 2.34. The van der Waals surface area contributed by atoms with Crippen molar-refractivity contribution in [3.8, 4) is 28.7 Å². The molecule has 1 atom stereocenters. The average Bonchev–Trinajstić information content (AvgIpc) is 3.49. The van der Waals surface area contributed by atoms with E-state index in [1.54, 1.807) is 14.0 Å². The van der Waals surface area contributed by atoms with Gasteiger partial charge in [-0.05, 0) is 82.0 Å². The Labute approximate surface area is 217 Å². The zero-order valence-electron chi connectivity index (χ0n) is 22.0. The molecule has 1 unspecified atom stereocenters. The maximum absolute atomic E-state index is 11.9. The quantitative estimate of drug-likeness (QED) is 0.231. The summed E-state index contributed by atoms with van der Waals surface area (Å²) in [6.07, 6.45) is 7.02. The number of carbonyl (C=O) groups excluding carboxylic acids is 1. The maximum Gasteiger partial charge on any atom is 0.226 e. The molecule has 0 aliphatic heterocycles. The monoisotopic (exact) mass is 502 g/mol. The van der Waals surface area contributed by atoms with Crippen molar-refractivity contribution in [3.63, 3.8) is 0 Å². The molecule has 1 aliphatic rings. The van der Waals surface area contributed by atoms with Crippen molar-refractivity contribution >= 4 is 16.7 Å². The molecule has 0 N–H and O–H groups in total. The number of benzene rings is 2. The number of nitrogens with zero attached hydrogens (tertiary/aromatic N) is 2. The molecular formula is C30H34N2O5. The number of ether oxygens (including phenoxy) is 3. The zero-order chi connectivity index (χ0) is 25.9. The summed E-state index contributed by atoms with van der Waals surface area (Å²) in [6.45, 7) is 6.62. The molecule has 0 saturated heterocycles. The number of rotatable bonds is 10. The van der Waals surface area contributed by atoms with Crippen molar-refractivity contribution in [1.29, 1.82) is 0 Å². The number of methoxy groups -OCH3 is 1. The lowest BCUT2D eigenvalue weighted by Gasteiger charge is -2.13. The van der Waals surface area contributed by atoms with Crippen LogP contribution in [0.4, 0.5) is 0 Å². The van der Waals surface area contributed by atoms with E-state index in [0.29, 0.717) is 30.6 Å². The molecule has 2 heterocycles. The molecule has 0 fully saturated rings. The van der Waals surface area contributed by atoms with E-state index in [2.05, 4.69) is 11.9 Å². The maximum atomic E-state index is 11.9. The van der Waals surface area contributed by atoms with Crippen LogP contribution in [-0.4, -0.2) is 35.7 Å². The first-order valence-corrected chi connectivity index (χ1v) is 13.0. The number of aromatic nitrogens is 2. The van der Waals surface area contributed by atoms with Gasteiger partial charge in [-0.15, -0.1) is 0 Å². The highest BCUT2D eigenvalue weighted by molar-refractivity contribution is 5.88. The molecule has 37 heavy (non-hydrogen) atoms. The van der Waals surface area contributed by atoms with Crippen molar-refractivity contribution in [1.82, 2.24) is 9.55 Å². The van der Waals surface area contributed by atoms with Crippen molar-refractivity contribution < 1.29 is 23.4 Å². The van der Waals surface area contributed by atoms with Gasteiger partial charge in [0.05, 0.1) is 32.1 Å². The molecule has 2 aromatic heterocycles. The van der Waals surface area contributed by atoms with Gasteiger partial charge in [0.2, 0.25) is 5.89 Å². The number of carbonyl (C=O) groups is 1. The van der Waals surface area contributed by atoms with Crippen LogP contribution in [0, 0.1) is 6.92 Å². The Kier molecular flexibility index (Phi) is 7.22. The summed E-state index contributed by atoms with van der Waals surface area (Å²) in [6, 6.07) is 11.6. The molecule has 0 radical (unpaired) electrons. The summed E-state index contributed by atoms with van der Waals surface area (Å²) in [5.41, 5.74) is 4.13. The van der Waals surface area contributed by atoms with Crippen LogP contribution in [0.2, 0.25) is 0 Å². The smallest absolute Gasteiger partial charge is 0.226 e. The summed E-state index contributed by atoms with van der Waals surface area (Å²) in [4.78, 5) is 16.5. The van der Waals surface area contributed by atoms with Gasteiger partial charge in [0.1, 0.15) is 11.5 Å². The lowest BCUT2D eigenvalue weighted by molar-refractivity contribution is -0.119. The van der Waals surface area contributed by atoms with Crippen LogP contribution in [-0.2, 0) is 17.6 Å². The highest BCUT2D eigenvalue weighted by Gasteiger charge is 2.19. The second kappa shape index (κ2) is 10.7. The topological polar surface area (TPSA) is 75.7 Å². The number of ketones is 1. The van der Waals surface area contributed by atoms with Crippen LogP contribution in [0.3, 0.4) is 0 Å². The SMILES string of the molecule is COc1cc(-c2nc3c(o2)CCCC3)ccc1OCCCOc1ccc2c(c1)c(C)cn2C(C)C(C)=O. The number of hydrogen-bond acceptors (Lipinski definition) is 6. The molecule has 0 bridgehead atoms. The summed E-state index contributed by atoms with van der Waals surface area (Å²) < 4.78 is 25.6. The van der Waals surface area contributed by atoms with Crippen molar-refractivity contribution in [2.45, 2.75) is 58.9 Å². The van der Waals surface area contributed by atoms with Gasteiger partial charge in [-0.25, -0.2) is 4.98 Å². The van der Waals surface area contributed by atoms with Crippen LogP contribution in [0.25, 0.3) is 22.4 Å². The number of oxazole rings is 1. The van der Waals surface area contributed by atoms with E-state index in [1.165, 1.54) is 6.42 Å². The Morgan fingerprint density at radius 1 is 1.08 bits per heavy atom. The normalized spacial score (nSPS) is 13.8. The molecule has 1 aliphatic carbocycles. The summed E-state index contributed by atoms with van der Waals surface area (Å²) in [7, 11) is 1.64. The first kappa shape index (κ1) is 24.9. The van der Waals surface area contributed by atoms with Crippen LogP contribution in [0.5, 0.6) is 17.2 Å². The van der Waals surface area contributed by atoms with Gasteiger partial charge in [-0.1, -0.05) is 0 Å². The Morgan fingerprint density at radius 2 is 1.89 bits per heavy atom. The van der Waals surface area contributed by atoms with Gasteiger partial charge < -0.3 is 23.2 Å². The van der Waals surface area contributed by atoms with E-state index in [1.807, 2.05) is 54.1 Å². The summed E-state index contributed by atoms with van der Waals surface area (Å²) in [5, 5.41) is 1.10. The molecular weight excluding hydrogens is 468 g/mol. The molecule has 0 amide bonds. The molecule has 2 aromatic carbocycles.